The van der Waals surface area contributed by atoms with Crippen LogP contribution in [0.15, 0.2) is 18.2 Å². The van der Waals surface area contributed by atoms with Crippen molar-refractivity contribution in [3.8, 4) is 5.75 Å². The molecule has 2 heteroatoms. The number of aliphatic hydroxyl groups is 1. The second kappa shape index (κ2) is 5.16. The van der Waals surface area contributed by atoms with Gasteiger partial charge in [-0.2, -0.15) is 0 Å². The van der Waals surface area contributed by atoms with Gasteiger partial charge in [0.2, 0.25) is 0 Å². The fourth-order valence-electron chi connectivity index (χ4n) is 4.41. The second-order valence-corrected chi connectivity index (χ2v) is 6.20. The SMILES string of the molecule is COc1ccc2c(c1)C(CCO)C1(CCCC1)CC2. The summed E-state index contributed by atoms with van der Waals surface area (Å²) in [5, 5.41) is 9.48. The Morgan fingerprint density at radius 1 is 1.26 bits per heavy atom. The number of hydrogen-bond acceptors (Lipinski definition) is 2. The van der Waals surface area contributed by atoms with Crippen LogP contribution in [0.1, 0.15) is 55.6 Å². The van der Waals surface area contributed by atoms with Crippen molar-refractivity contribution in [1.82, 2.24) is 0 Å². The van der Waals surface area contributed by atoms with E-state index < -0.39 is 0 Å². The number of aliphatic hydroxyl groups excluding tert-OH is 1. The Kier molecular flexibility index (Phi) is 3.53. The molecule has 104 valence electrons. The van der Waals surface area contributed by atoms with Crippen molar-refractivity contribution in [2.75, 3.05) is 13.7 Å². The maximum Gasteiger partial charge on any atom is 0.119 e. The van der Waals surface area contributed by atoms with Gasteiger partial charge in [0, 0.05) is 6.61 Å². The predicted molar refractivity (Wildman–Crippen MR) is 76.7 cm³/mol. The Morgan fingerprint density at radius 3 is 2.74 bits per heavy atom. The normalized spacial score (nSPS) is 24.4. The number of fused-ring (bicyclic) bond motifs is 1. The van der Waals surface area contributed by atoms with Crippen LogP contribution in [0.5, 0.6) is 5.75 Å². The van der Waals surface area contributed by atoms with Crippen molar-refractivity contribution in [1.29, 1.82) is 0 Å². The van der Waals surface area contributed by atoms with Gasteiger partial charge in [-0.15, -0.1) is 0 Å². The van der Waals surface area contributed by atoms with Crippen LogP contribution in [-0.2, 0) is 6.42 Å². The summed E-state index contributed by atoms with van der Waals surface area (Å²) >= 11 is 0. The monoisotopic (exact) mass is 260 g/mol. The molecule has 1 atom stereocenters. The maximum absolute atomic E-state index is 9.48. The zero-order chi connectivity index (χ0) is 13.3. The highest BCUT2D eigenvalue weighted by atomic mass is 16.5. The smallest absolute Gasteiger partial charge is 0.119 e. The van der Waals surface area contributed by atoms with Crippen molar-refractivity contribution in [2.24, 2.45) is 5.41 Å². The molecule has 0 bridgehead atoms. The highest BCUT2D eigenvalue weighted by Gasteiger charge is 2.44. The Bertz CT molecular complexity index is 447. The molecular formula is C17H24O2. The third kappa shape index (κ3) is 2.16. The van der Waals surface area contributed by atoms with E-state index in [1.807, 2.05) is 0 Å². The Labute approximate surface area is 115 Å². The third-order valence-corrected chi connectivity index (χ3v) is 5.38. The van der Waals surface area contributed by atoms with Gasteiger partial charge in [0.1, 0.15) is 5.75 Å². The number of ether oxygens (including phenoxy) is 1. The zero-order valence-electron chi connectivity index (χ0n) is 11.8. The van der Waals surface area contributed by atoms with E-state index >= 15 is 0 Å². The molecule has 2 aliphatic carbocycles. The molecular weight excluding hydrogens is 236 g/mol. The minimum absolute atomic E-state index is 0.295. The molecule has 1 unspecified atom stereocenters. The molecule has 1 aromatic carbocycles. The molecule has 0 amide bonds. The number of hydrogen-bond donors (Lipinski definition) is 1. The van der Waals surface area contributed by atoms with Crippen molar-refractivity contribution < 1.29 is 9.84 Å². The lowest BCUT2D eigenvalue weighted by atomic mass is 9.62. The van der Waals surface area contributed by atoms with Gasteiger partial charge >= 0.3 is 0 Å². The van der Waals surface area contributed by atoms with Gasteiger partial charge in [0.25, 0.3) is 0 Å². The standard InChI is InChI=1S/C17H24O2/c1-19-14-5-4-13-6-10-17(8-2-3-9-17)16(7-11-18)15(13)12-14/h4-5,12,16,18H,2-3,6-11H2,1H3. The molecule has 1 saturated carbocycles. The van der Waals surface area contributed by atoms with Gasteiger partial charge in [-0.25, -0.2) is 0 Å². The quantitative estimate of drug-likeness (QED) is 0.898. The van der Waals surface area contributed by atoms with Gasteiger partial charge < -0.3 is 9.84 Å². The lowest BCUT2D eigenvalue weighted by Crippen LogP contribution is -2.32. The molecule has 19 heavy (non-hydrogen) atoms. The molecule has 3 rings (SSSR count). The molecule has 0 heterocycles. The first-order valence-electron chi connectivity index (χ1n) is 7.57. The molecule has 0 saturated heterocycles. The summed E-state index contributed by atoms with van der Waals surface area (Å²) in [6.45, 7) is 0.295. The Morgan fingerprint density at radius 2 is 2.05 bits per heavy atom. The van der Waals surface area contributed by atoms with E-state index in [1.54, 1.807) is 7.11 Å². The molecule has 1 aromatic rings. The molecule has 0 aromatic heterocycles. The van der Waals surface area contributed by atoms with Crippen LogP contribution in [0.4, 0.5) is 0 Å². The summed E-state index contributed by atoms with van der Waals surface area (Å²) < 4.78 is 5.40. The summed E-state index contributed by atoms with van der Waals surface area (Å²) in [7, 11) is 1.73. The highest BCUT2D eigenvalue weighted by Crippen LogP contribution is 2.56. The van der Waals surface area contributed by atoms with Crippen LogP contribution in [0, 0.1) is 5.41 Å². The first-order chi connectivity index (χ1) is 9.29. The van der Waals surface area contributed by atoms with E-state index in [4.69, 9.17) is 4.74 Å². The number of methoxy groups -OCH3 is 1. The van der Waals surface area contributed by atoms with Gasteiger partial charge in [0.05, 0.1) is 7.11 Å². The van der Waals surface area contributed by atoms with Crippen molar-refractivity contribution in [3.05, 3.63) is 29.3 Å². The van der Waals surface area contributed by atoms with Crippen LogP contribution in [0.2, 0.25) is 0 Å². The summed E-state index contributed by atoms with van der Waals surface area (Å²) in [5.41, 5.74) is 3.38. The number of aryl methyl sites for hydroxylation is 1. The molecule has 1 spiro atoms. The van der Waals surface area contributed by atoms with E-state index in [2.05, 4.69) is 18.2 Å². The first kappa shape index (κ1) is 13.0. The minimum Gasteiger partial charge on any atom is -0.497 e. The number of rotatable bonds is 3. The Balaban J connectivity index is 2.01. The first-order valence-corrected chi connectivity index (χ1v) is 7.57. The minimum atomic E-state index is 0.295. The van der Waals surface area contributed by atoms with Crippen LogP contribution in [-0.4, -0.2) is 18.8 Å². The Hall–Kier alpha value is -1.02. The van der Waals surface area contributed by atoms with Gasteiger partial charge in [-0.05, 0) is 66.7 Å². The van der Waals surface area contributed by atoms with E-state index in [9.17, 15) is 5.11 Å². The molecule has 2 nitrogen and oxygen atoms in total. The lowest BCUT2D eigenvalue weighted by Gasteiger charge is -2.43. The van der Waals surface area contributed by atoms with Gasteiger partial charge in [0.15, 0.2) is 0 Å². The molecule has 1 N–H and O–H groups in total. The van der Waals surface area contributed by atoms with E-state index in [0.717, 1.165) is 12.2 Å². The van der Waals surface area contributed by atoms with Crippen molar-refractivity contribution >= 4 is 0 Å². The second-order valence-electron chi connectivity index (χ2n) is 6.20. The average Bonchev–Trinajstić information content (AvgIpc) is 2.91. The molecule has 0 aliphatic heterocycles. The fourth-order valence-corrected chi connectivity index (χ4v) is 4.41. The van der Waals surface area contributed by atoms with Gasteiger partial charge in [-0.1, -0.05) is 18.9 Å². The lowest BCUT2D eigenvalue weighted by molar-refractivity contribution is 0.157. The average molecular weight is 260 g/mol. The highest BCUT2D eigenvalue weighted by molar-refractivity contribution is 5.41. The van der Waals surface area contributed by atoms with E-state index in [1.165, 1.54) is 49.7 Å². The maximum atomic E-state index is 9.48. The molecule has 0 radical (unpaired) electrons. The zero-order valence-corrected chi connectivity index (χ0v) is 11.8. The summed E-state index contributed by atoms with van der Waals surface area (Å²) in [6, 6.07) is 6.51. The number of benzene rings is 1. The van der Waals surface area contributed by atoms with Crippen LogP contribution < -0.4 is 4.74 Å². The third-order valence-electron chi connectivity index (χ3n) is 5.38. The van der Waals surface area contributed by atoms with Crippen LogP contribution >= 0.6 is 0 Å². The molecule has 1 fully saturated rings. The van der Waals surface area contributed by atoms with Gasteiger partial charge in [-0.3, -0.25) is 0 Å². The van der Waals surface area contributed by atoms with E-state index in [0.29, 0.717) is 17.9 Å². The van der Waals surface area contributed by atoms with Crippen LogP contribution in [0.25, 0.3) is 0 Å². The van der Waals surface area contributed by atoms with E-state index in [-0.39, 0.29) is 0 Å². The van der Waals surface area contributed by atoms with Crippen molar-refractivity contribution in [3.63, 3.8) is 0 Å². The summed E-state index contributed by atoms with van der Waals surface area (Å²) in [5.74, 6) is 1.48. The summed E-state index contributed by atoms with van der Waals surface area (Å²) in [6.07, 6.45) is 8.81. The molecule has 2 aliphatic rings. The largest absolute Gasteiger partial charge is 0.497 e. The summed E-state index contributed by atoms with van der Waals surface area (Å²) in [4.78, 5) is 0. The fraction of sp³-hybridized carbons (Fsp3) is 0.647. The topological polar surface area (TPSA) is 29.5 Å². The van der Waals surface area contributed by atoms with Crippen molar-refractivity contribution in [2.45, 2.75) is 50.9 Å². The van der Waals surface area contributed by atoms with Crippen LogP contribution in [0.3, 0.4) is 0 Å². The predicted octanol–water partition coefficient (Wildman–Crippen LogP) is 3.67.